The van der Waals surface area contributed by atoms with Crippen LogP contribution in [-0.4, -0.2) is 47.4 Å². The Bertz CT molecular complexity index is 1140. The summed E-state index contributed by atoms with van der Waals surface area (Å²) in [7, 11) is 0. The number of hydrogen-bond acceptors (Lipinski definition) is 8. The molecule has 0 aromatic carbocycles. The topological polar surface area (TPSA) is 124 Å². The molecule has 10 nitrogen and oxygen atoms in total. The van der Waals surface area contributed by atoms with Crippen LogP contribution in [-0.2, 0) is 6.54 Å². The fourth-order valence-corrected chi connectivity index (χ4v) is 4.12. The summed E-state index contributed by atoms with van der Waals surface area (Å²) in [6, 6.07) is 6.32. The van der Waals surface area contributed by atoms with Crippen molar-refractivity contribution in [1.29, 1.82) is 0 Å². The van der Waals surface area contributed by atoms with E-state index >= 15 is 0 Å². The molecule has 0 radical (unpaired) electrons. The minimum absolute atomic E-state index is 0.457. The molecular weight excluding hydrogens is 404 g/mol. The fraction of sp³-hybridized carbons (Fsp3) is 0.409. The predicted octanol–water partition coefficient (Wildman–Crippen LogP) is 2.89. The average molecular weight is 433 g/mol. The molecule has 0 unspecified atom stereocenters. The van der Waals surface area contributed by atoms with Gasteiger partial charge in [-0.1, -0.05) is 18.9 Å². The highest BCUT2D eigenvalue weighted by Gasteiger charge is 2.21. The minimum atomic E-state index is 0.457. The summed E-state index contributed by atoms with van der Waals surface area (Å²) < 4.78 is 3.95. The van der Waals surface area contributed by atoms with E-state index in [0.717, 1.165) is 41.3 Å². The molecule has 5 rings (SSSR count). The Morgan fingerprint density at radius 3 is 2.75 bits per heavy atom. The van der Waals surface area contributed by atoms with Crippen LogP contribution < -0.4 is 16.4 Å². The zero-order chi connectivity index (χ0) is 21.8. The van der Waals surface area contributed by atoms with Gasteiger partial charge in [0.15, 0.2) is 22.8 Å². The van der Waals surface area contributed by atoms with E-state index in [1.807, 2.05) is 36.9 Å². The molecule has 0 aliphatic heterocycles. The molecule has 4 aromatic heterocycles. The van der Waals surface area contributed by atoms with Crippen molar-refractivity contribution in [3.8, 4) is 5.82 Å². The number of hydrogen-bond donors (Lipinski definition) is 3. The molecule has 10 heteroatoms. The smallest absolute Gasteiger partial charge is 0.226 e. The molecule has 1 fully saturated rings. The van der Waals surface area contributed by atoms with Crippen LogP contribution in [0, 0.1) is 0 Å². The second-order valence-corrected chi connectivity index (χ2v) is 8.06. The van der Waals surface area contributed by atoms with E-state index in [4.69, 9.17) is 15.7 Å². The maximum atomic E-state index is 5.64. The molecule has 1 aliphatic rings. The lowest BCUT2D eigenvalue weighted by atomic mass is 10.2. The summed E-state index contributed by atoms with van der Waals surface area (Å²) in [6.45, 7) is 1.94. The Kier molecular flexibility index (Phi) is 5.93. The van der Waals surface area contributed by atoms with Gasteiger partial charge >= 0.3 is 0 Å². The summed E-state index contributed by atoms with van der Waals surface area (Å²) in [5, 5.41) is 11.0. The van der Waals surface area contributed by atoms with Gasteiger partial charge in [0.1, 0.15) is 0 Å². The van der Waals surface area contributed by atoms with Crippen molar-refractivity contribution in [2.24, 2.45) is 5.73 Å². The Morgan fingerprint density at radius 2 is 2.00 bits per heavy atom. The van der Waals surface area contributed by atoms with Crippen molar-refractivity contribution < 1.29 is 0 Å². The molecule has 166 valence electrons. The highest BCUT2D eigenvalue weighted by Crippen LogP contribution is 2.33. The third-order valence-electron chi connectivity index (χ3n) is 5.81. The zero-order valence-electron chi connectivity index (χ0n) is 18.0. The van der Waals surface area contributed by atoms with Crippen LogP contribution in [0.2, 0.25) is 0 Å². The van der Waals surface area contributed by atoms with Crippen molar-refractivity contribution >= 4 is 22.9 Å². The molecule has 0 saturated heterocycles. The highest BCUT2D eigenvalue weighted by atomic mass is 15.3. The zero-order valence-corrected chi connectivity index (χ0v) is 18.0. The fourth-order valence-electron chi connectivity index (χ4n) is 4.12. The van der Waals surface area contributed by atoms with Crippen LogP contribution in [0.5, 0.6) is 0 Å². The standard InChI is InChI=1S/C22H28N10/c23-9-3-10-24-22-29-20(19-21(30-22)31(15-27-19)17-5-1-2-6-17)26-14-16-7-8-18(25-13-16)32-12-4-11-28-32/h4,7-8,11-13,15,17H,1-3,5-6,9-10,14,23H2,(H2,24,26,29,30). The first-order valence-electron chi connectivity index (χ1n) is 11.2. The van der Waals surface area contributed by atoms with Crippen molar-refractivity contribution in [2.75, 3.05) is 23.7 Å². The first-order chi connectivity index (χ1) is 15.8. The van der Waals surface area contributed by atoms with Crippen molar-refractivity contribution in [3.05, 3.63) is 48.7 Å². The van der Waals surface area contributed by atoms with E-state index in [1.165, 1.54) is 25.7 Å². The number of pyridine rings is 1. The normalized spacial score (nSPS) is 14.3. The Hall–Kier alpha value is -3.53. The Morgan fingerprint density at radius 1 is 1.09 bits per heavy atom. The van der Waals surface area contributed by atoms with E-state index in [9.17, 15) is 0 Å². The maximum absolute atomic E-state index is 5.64. The van der Waals surface area contributed by atoms with Gasteiger partial charge in [-0.25, -0.2) is 14.6 Å². The minimum Gasteiger partial charge on any atom is -0.364 e. The van der Waals surface area contributed by atoms with E-state index in [1.54, 1.807) is 10.9 Å². The van der Waals surface area contributed by atoms with E-state index < -0.39 is 0 Å². The van der Waals surface area contributed by atoms with Crippen LogP contribution in [0.15, 0.2) is 43.1 Å². The summed E-state index contributed by atoms with van der Waals surface area (Å²) in [6.07, 6.45) is 13.1. The number of nitrogens with zero attached hydrogens (tertiary/aromatic N) is 7. The molecule has 4 heterocycles. The number of nitrogens with two attached hydrogens (primary N) is 1. The summed E-state index contributed by atoms with van der Waals surface area (Å²) in [5.41, 5.74) is 8.35. The van der Waals surface area contributed by atoms with E-state index in [0.29, 0.717) is 25.1 Å². The Balaban J connectivity index is 1.39. The van der Waals surface area contributed by atoms with Crippen molar-refractivity contribution in [1.82, 2.24) is 34.3 Å². The molecule has 1 aliphatic carbocycles. The van der Waals surface area contributed by atoms with Crippen LogP contribution in [0.25, 0.3) is 17.0 Å². The van der Waals surface area contributed by atoms with Crippen LogP contribution in [0.1, 0.15) is 43.7 Å². The highest BCUT2D eigenvalue weighted by molar-refractivity contribution is 5.84. The first-order valence-corrected chi connectivity index (χ1v) is 11.2. The van der Waals surface area contributed by atoms with Gasteiger partial charge in [-0.15, -0.1) is 0 Å². The molecule has 0 amide bonds. The SMILES string of the molecule is NCCCNc1nc(NCc2ccc(-n3cccn3)nc2)c2ncn(C3CCCC3)c2n1. The Labute approximate surface area is 186 Å². The molecule has 0 spiro atoms. The lowest BCUT2D eigenvalue weighted by Crippen LogP contribution is -2.13. The monoisotopic (exact) mass is 432 g/mol. The molecule has 4 N–H and O–H groups in total. The van der Waals surface area contributed by atoms with Gasteiger partial charge in [0, 0.05) is 37.7 Å². The number of imidazole rings is 1. The number of fused-ring (bicyclic) bond motifs is 1. The van der Waals surface area contributed by atoms with Gasteiger partial charge in [0.2, 0.25) is 5.95 Å². The summed E-state index contributed by atoms with van der Waals surface area (Å²) >= 11 is 0. The lowest BCUT2D eigenvalue weighted by molar-refractivity contribution is 0.529. The van der Waals surface area contributed by atoms with E-state index in [2.05, 4.69) is 30.3 Å². The van der Waals surface area contributed by atoms with Gasteiger partial charge in [-0.3, -0.25) is 0 Å². The number of nitrogens with one attached hydrogen (secondary N) is 2. The molecule has 0 bridgehead atoms. The second kappa shape index (κ2) is 9.31. The van der Waals surface area contributed by atoms with Gasteiger partial charge in [-0.05, 0) is 43.5 Å². The largest absolute Gasteiger partial charge is 0.364 e. The predicted molar refractivity (Wildman–Crippen MR) is 124 cm³/mol. The molecule has 1 saturated carbocycles. The van der Waals surface area contributed by atoms with Crippen LogP contribution in [0.4, 0.5) is 11.8 Å². The third-order valence-corrected chi connectivity index (χ3v) is 5.81. The van der Waals surface area contributed by atoms with Crippen LogP contribution in [0.3, 0.4) is 0 Å². The third kappa shape index (κ3) is 4.26. The first kappa shape index (κ1) is 20.4. The number of anilines is 2. The average Bonchev–Trinajstić information content (AvgIpc) is 3.59. The van der Waals surface area contributed by atoms with Crippen molar-refractivity contribution in [3.63, 3.8) is 0 Å². The summed E-state index contributed by atoms with van der Waals surface area (Å²) in [4.78, 5) is 18.6. The van der Waals surface area contributed by atoms with Gasteiger partial charge in [0.05, 0.1) is 6.33 Å². The number of rotatable bonds is 9. The molecule has 4 aromatic rings. The second-order valence-electron chi connectivity index (χ2n) is 8.06. The summed E-state index contributed by atoms with van der Waals surface area (Å²) in [5.74, 6) is 2.10. The number of aromatic nitrogens is 7. The maximum Gasteiger partial charge on any atom is 0.226 e. The molecule has 0 atom stereocenters. The van der Waals surface area contributed by atoms with Gasteiger partial charge < -0.3 is 20.9 Å². The van der Waals surface area contributed by atoms with Gasteiger partial charge in [0.25, 0.3) is 0 Å². The van der Waals surface area contributed by atoms with Crippen LogP contribution >= 0.6 is 0 Å². The quantitative estimate of drug-likeness (QED) is 0.345. The van der Waals surface area contributed by atoms with E-state index in [-0.39, 0.29) is 0 Å². The lowest BCUT2D eigenvalue weighted by Gasteiger charge is -2.14. The van der Waals surface area contributed by atoms with Crippen molar-refractivity contribution in [2.45, 2.75) is 44.7 Å². The van der Waals surface area contributed by atoms with Gasteiger partial charge in [-0.2, -0.15) is 15.1 Å². The molecular formula is C22H28N10. The molecule has 32 heavy (non-hydrogen) atoms.